The Labute approximate surface area is 296 Å². The monoisotopic (exact) mass is 699 g/mol. The van der Waals surface area contributed by atoms with Crippen LogP contribution in [0.4, 0.5) is 4.79 Å². The van der Waals surface area contributed by atoms with Crippen LogP contribution < -0.4 is 20.9 Å². The molecular formula is C38H45N5O8. The third kappa shape index (κ3) is 7.47. The van der Waals surface area contributed by atoms with Crippen LogP contribution in [0.25, 0.3) is 22.0 Å². The van der Waals surface area contributed by atoms with Crippen molar-refractivity contribution in [3.05, 3.63) is 71.0 Å². The van der Waals surface area contributed by atoms with E-state index < -0.39 is 53.1 Å². The quantitative estimate of drug-likeness (QED) is 0.323. The van der Waals surface area contributed by atoms with E-state index in [1.807, 2.05) is 36.4 Å². The van der Waals surface area contributed by atoms with Crippen molar-refractivity contribution in [2.45, 2.75) is 95.0 Å². The van der Waals surface area contributed by atoms with Gasteiger partial charge in [0.05, 0.1) is 24.2 Å². The van der Waals surface area contributed by atoms with Gasteiger partial charge >= 0.3 is 12.1 Å². The molecule has 0 spiro atoms. The fraction of sp³-hybridized carbons (Fsp3) is 0.474. The fourth-order valence-electron chi connectivity index (χ4n) is 7.12. The highest BCUT2D eigenvalue weighted by Gasteiger charge is 2.61. The van der Waals surface area contributed by atoms with Gasteiger partial charge in [0.1, 0.15) is 29.0 Å². The molecule has 1 aromatic heterocycles. The van der Waals surface area contributed by atoms with Crippen molar-refractivity contribution in [3.8, 4) is 17.0 Å². The van der Waals surface area contributed by atoms with Gasteiger partial charge in [0.25, 0.3) is 5.56 Å². The van der Waals surface area contributed by atoms with Crippen molar-refractivity contribution in [2.75, 3.05) is 13.7 Å². The Hall–Kier alpha value is -5.20. The summed E-state index contributed by atoms with van der Waals surface area (Å²) in [5.74, 6) is -2.04. The lowest BCUT2D eigenvalue weighted by Crippen LogP contribution is -2.56. The average molecular weight is 700 g/mol. The molecule has 6 rings (SSSR count). The van der Waals surface area contributed by atoms with E-state index in [1.54, 1.807) is 52.1 Å². The van der Waals surface area contributed by atoms with Crippen molar-refractivity contribution >= 4 is 34.6 Å². The summed E-state index contributed by atoms with van der Waals surface area (Å²) in [6.07, 6.45) is 6.48. The summed E-state index contributed by atoms with van der Waals surface area (Å²) < 4.78 is 12.1. The summed E-state index contributed by atoms with van der Waals surface area (Å²) in [7, 11) is 1.57. The predicted molar refractivity (Wildman–Crippen MR) is 189 cm³/mol. The van der Waals surface area contributed by atoms with E-state index >= 15 is 0 Å². The first-order valence-electron chi connectivity index (χ1n) is 17.5. The first-order valence-corrected chi connectivity index (χ1v) is 17.5. The Bertz CT molecular complexity index is 1920. The maximum Gasteiger partial charge on any atom is 0.408 e. The van der Waals surface area contributed by atoms with Crippen LogP contribution >= 0.6 is 0 Å². The molecule has 1 saturated heterocycles. The second-order valence-electron chi connectivity index (χ2n) is 14.6. The Balaban J connectivity index is 1.40. The lowest BCUT2D eigenvalue weighted by molar-refractivity contribution is -0.145. The Kier molecular flexibility index (Phi) is 9.92. The van der Waals surface area contributed by atoms with E-state index in [0.29, 0.717) is 35.1 Å². The number of carbonyl (C=O) groups excluding carboxylic acids is 3. The normalized spacial score (nSPS) is 25.5. The molecule has 3 aliphatic rings. The molecule has 0 radical (unpaired) electrons. The van der Waals surface area contributed by atoms with E-state index in [-0.39, 0.29) is 30.9 Å². The number of hydrogen-bond acceptors (Lipinski definition) is 8. The smallest absolute Gasteiger partial charge is 0.408 e. The Morgan fingerprint density at radius 1 is 1.02 bits per heavy atom. The summed E-state index contributed by atoms with van der Waals surface area (Å²) >= 11 is 0. The molecule has 3 aromatic rings. The van der Waals surface area contributed by atoms with Gasteiger partial charge in [-0.05, 0) is 76.8 Å². The topological polar surface area (TPSA) is 169 Å². The SMILES string of the molecule is COc1ccc(-c2nn([C@@H]3C[C@H]4C(=O)N[C@]5(C(=O)O)C[C@H]5C=CCCCCC[C@H](NC(=O)OC(C)(C)C)C(=O)N4C3)c(=O)c3ccccc23)cc1. The van der Waals surface area contributed by atoms with Gasteiger partial charge < -0.3 is 30.1 Å². The first-order chi connectivity index (χ1) is 24.3. The van der Waals surface area contributed by atoms with Crippen molar-refractivity contribution < 1.29 is 33.8 Å². The van der Waals surface area contributed by atoms with E-state index in [4.69, 9.17) is 14.6 Å². The Morgan fingerprint density at radius 2 is 1.75 bits per heavy atom. The lowest BCUT2D eigenvalue weighted by Gasteiger charge is -2.30. The first kappa shape index (κ1) is 35.6. The number of ether oxygens (including phenoxy) is 2. The van der Waals surface area contributed by atoms with Gasteiger partial charge in [-0.1, -0.05) is 43.2 Å². The number of benzene rings is 2. The minimum atomic E-state index is -1.49. The molecule has 1 saturated carbocycles. The second kappa shape index (κ2) is 14.2. The number of rotatable bonds is 5. The highest BCUT2D eigenvalue weighted by Crippen LogP contribution is 2.45. The number of nitrogens with zero attached hydrogens (tertiary/aromatic N) is 3. The molecule has 2 aliphatic heterocycles. The van der Waals surface area contributed by atoms with Crippen LogP contribution in [0.2, 0.25) is 0 Å². The number of amides is 3. The zero-order valence-electron chi connectivity index (χ0n) is 29.4. The van der Waals surface area contributed by atoms with E-state index in [1.165, 1.54) is 9.58 Å². The van der Waals surface area contributed by atoms with Gasteiger partial charge in [0.15, 0.2) is 0 Å². The standard InChI is InChI=1S/C38H45N5O8/c1-37(2,3)51-36(49)39-29-15-9-7-5-6-8-12-24-21-38(24,35(47)48)40-32(44)30-20-25(22-42(30)34(29)46)43-33(45)28-14-11-10-13-27(28)31(41-43)23-16-18-26(50-4)19-17-23/h8,10-14,16-19,24-25,29-30H,5-7,9,15,20-22H2,1-4H3,(H,39,49)(H,40,44)(H,47,48)/t24-,25-,29+,30+,38-/m1/s1. The van der Waals surface area contributed by atoms with Crippen LogP contribution in [-0.4, -0.2) is 80.5 Å². The molecule has 13 nitrogen and oxygen atoms in total. The fourth-order valence-corrected chi connectivity index (χ4v) is 7.12. The van der Waals surface area contributed by atoms with Crippen LogP contribution in [-0.2, 0) is 19.1 Å². The highest BCUT2D eigenvalue weighted by atomic mass is 16.6. The number of carboxylic acids is 1. The third-order valence-corrected chi connectivity index (χ3v) is 9.87. The molecule has 13 heteroatoms. The molecular weight excluding hydrogens is 654 g/mol. The number of carbonyl (C=O) groups is 4. The third-order valence-electron chi connectivity index (χ3n) is 9.87. The number of methoxy groups -OCH3 is 1. The van der Waals surface area contributed by atoms with Crippen molar-refractivity contribution in [2.24, 2.45) is 5.92 Å². The van der Waals surface area contributed by atoms with E-state index in [9.17, 15) is 29.1 Å². The summed E-state index contributed by atoms with van der Waals surface area (Å²) in [5.41, 5.74) is -1.41. The van der Waals surface area contributed by atoms with Gasteiger partial charge in [0, 0.05) is 29.8 Å². The second-order valence-corrected chi connectivity index (χ2v) is 14.6. The Morgan fingerprint density at radius 3 is 2.43 bits per heavy atom. The van der Waals surface area contributed by atoms with Crippen LogP contribution in [0.3, 0.4) is 0 Å². The molecule has 3 amide bonds. The minimum Gasteiger partial charge on any atom is -0.497 e. The summed E-state index contributed by atoms with van der Waals surface area (Å²) in [5, 5.41) is 21.6. The summed E-state index contributed by atoms with van der Waals surface area (Å²) in [6, 6.07) is 11.5. The van der Waals surface area contributed by atoms with Crippen LogP contribution in [0.15, 0.2) is 65.5 Å². The zero-order valence-corrected chi connectivity index (χ0v) is 29.4. The predicted octanol–water partition coefficient (Wildman–Crippen LogP) is 4.59. The maximum absolute atomic E-state index is 14.5. The molecule has 1 aliphatic carbocycles. The number of aromatic nitrogens is 2. The van der Waals surface area contributed by atoms with E-state index in [0.717, 1.165) is 24.8 Å². The molecule has 2 fully saturated rings. The zero-order chi connectivity index (χ0) is 36.5. The molecule has 3 N–H and O–H groups in total. The largest absolute Gasteiger partial charge is 0.497 e. The van der Waals surface area contributed by atoms with E-state index in [2.05, 4.69) is 10.6 Å². The molecule has 5 atom stereocenters. The molecule has 0 bridgehead atoms. The van der Waals surface area contributed by atoms with Crippen molar-refractivity contribution in [1.82, 2.24) is 25.3 Å². The van der Waals surface area contributed by atoms with Gasteiger partial charge in [-0.3, -0.25) is 14.4 Å². The van der Waals surface area contributed by atoms with Crippen molar-refractivity contribution in [3.63, 3.8) is 0 Å². The number of aliphatic carboxylic acids is 1. The molecule has 0 unspecified atom stereocenters. The lowest BCUT2D eigenvalue weighted by atomic mass is 10.0. The molecule has 51 heavy (non-hydrogen) atoms. The van der Waals surface area contributed by atoms with Gasteiger partial charge in [0.2, 0.25) is 11.8 Å². The van der Waals surface area contributed by atoms with Crippen LogP contribution in [0.1, 0.15) is 71.8 Å². The van der Waals surface area contributed by atoms with Gasteiger partial charge in [-0.15, -0.1) is 0 Å². The molecule has 3 heterocycles. The highest BCUT2D eigenvalue weighted by molar-refractivity contribution is 5.96. The van der Waals surface area contributed by atoms with Crippen LogP contribution in [0.5, 0.6) is 5.75 Å². The van der Waals surface area contributed by atoms with Crippen molar-refractivity contribution in [1.29, 1.82) is 0 Å². The minimum absolute atomic E-state index is 0.000233. The number of carboxylic acid groups (broad SMARTS) is 1. The number of allylic oxidation sites excluding steroid dienone is 1. The molecule has 2 aromatic carbocycles. The number of nitrogens with one attached hydrogen (secondary N) is 2. The number of fused-ring (bicyclic) bond motifs is 3. The summed E-state index contributed by atoms with van der Waals surface area (Å²) in [6.45, 7) is 5.10. The number of alkyl carbamates (subject to hydrolysis) is 1. The van der Waals surface area contributed by atoms with Gasteiger partial charge in [-0.25, -0.2) is 14.3 Å². The van der Waals surface area contributed by atoms with Crippen LogP contribution in [0, 0.1) is 5.92 Å². The average Bonchev–Trinajstić information content (AvgIpc) is 3.61. The maximum atomic E-state index is 14.5. The molecule has 270 valence electrons. The number of hydrogen-bond donors (Lipinski definition) is 3. The summed E-state index contributed by atoms with van der Waals surface area (Å²) in [4.78, 5) is 69.5. The van der Waals surface area contributed by atoms with Gasteiger partial charge in [-0.2, -0.15) is 5.10 Å².